The van der Waals surface area contributed by atoms with Crippen molar-refractivity contribution in [1.82, 2.24) is 9.88 Å². The summed E-state index contributed by atoms with van der Waals surface area (Å²) in [5.41, 5.74) is 4.19. The number of benzene rings is 2. The average Bonchev–Trinajstić information content (AvgIpc) is 2.89. The van der Waals surface area contributed by atoms with Gasteiger partial charge in [0.25, 0.3) is 0 Å². The molecule has 0 fully saturated rings. The third-order valence-corrected chi connectivity index (χ3v) is 4.88. The minimum Gasteiger partial charge on any atom is -0.478 e. The van der Waals surface area contributed by atoms with E-state index >= 15 is 0 Å². The van der Waals surface area contributed by atoms with E-state index in [0.717, 1.165) is 16.8 Å². The van der Waals surface area contributed by atoms with Gasteiger partial charge < -0.3 is 15.0 Å². The minimum atomic E-state index is -0.959. The van der Waals surface area contributed by atoms with Crippen LogP contribution in [0.2, 0.25) is 0 Å². The summed E-state index contributed by atoms with van der Waals surface area (Å²) in [7, 11) is 0. The molecule has 0 saturated carbocycles. The Morgan fingerprint density at radius 3 is 2.33 bits per heavy atom. The maximum absolute atomic E-state index is 14.1. The van der Waals surface area contributed by atoms with Crippen molar-refractivity contribution in [1.29, 1.82) is 0 Å². The van der Waals surface area contributed by atoms with Crippen LogP contribution in [0.1, 0.15) is 38.4 Å². The zero-order valence-corrected chi connectivity index (χ0v) is 15.5. The first-order valence-electron chi connectivity index (χ1n) is 8.89. The van der Waals surface area contributed by atoms with Crippen LogP contribution in [0.5, 0.6) is 0 Å². The molecule has 0 aliphatic carbocycles. The lowest BCUT2D eigenvalue weighted by Crippen LogP contribution is -2.15. The number of carboxylic acid groups (broad SMARTS) is 1. The molecule has 2 aromatic carbocycles. The highest BCUT2D eigenvalue weighted by molar-refractivity contribution is 5.91. The van der Waals surface area contributed by atoms with Crippen molar-refractivity contribution in [3.05, 3.63) is 94.1 Å². The van der Waals surface area contributed by atoms with Gasteiger partial charge in [0.15, 0.2) is 0 Å². The SMILES string of the molecule is Cc1c(CNCc2ccccc2)c(C(=O)O)c(C)n1Cc1ccccc1F. The molecule has 0 aliphatic rings. The van der Waals surface area contributed by atoms with Crippen molar-refractivity contribution in [2.45, 2.75) is 33.5 Å². The molecule has 27 heavy (non-hydrogen) atoms. The predicted molar refractivity (Wildman–Crippen MR) is 103 cm³/mol. The first kappa shape index (κ1) is 18.9. The first-order valence-corrected chi connectivity index (χ1v) is 8.89. The van der Waals surface area contributed by atoms with E-state index < -0.39 is 5.97 Å². The van der Waals surface area contributed by atoms with Crippen LogP contribution < -0.4 is 5.32 Å². The van der Waals surface area contributed by atoms with Gasteiger partial charge in [0, 0.05) is 35.6 Å². The van der Waals surface area contributed by atoms with Crippen LogP contribution in [-0.4, -0.2) is 15.6 Å². The number of hydrogen-bond acceptors (Lipinski definition) is 2. The molecule has 0 aliphatic heterocycles. The number of nitrogens with one attached hydrogen (secondary N) is 1. The molecule has 5 heteroatoms. The lowest BCUT2D eigenvalue weighted by molar-refractivity contribution is 0.0694. The number of rotatable bonds is 7. The highest BCUT2D eigenvalue weighted by atomic mass is 19.1. The van der Waals surface area contributed by atoms with E-state index in [4.69, 9.17) is 0 Å². The van der Waals surface area contributed by atoms with Crippen molar-refractivity contribution >= 4 is 5.97 Å². The van der Waals surface area contributed by atoms with Gasteiger partial charge in [-0.2, -0.15) is 0 Å². The fourth-order valence-electron chi connectivity index (χ4n) is 3.41. The Morgan fingerprint density at radius 1 is 1.00 bits per heavy atom. The number of halogens is 1. The Hall–Kier alpha value is -2.92. The summed E-state index contributed by atoms with van der Waals surface area (Å²) in [4.78, 5) is 11.8. The smallest absolute Gasteiger partial charge is 0.337 e. The zero-order chi connectivity index (χ0) is 19.4. The van der Waals surface area contributed by atoms with Crippen LogP contribution in [0.15, 0.2) is 54.6 Å². The lowest BCUT2D eigenvalue weighted by Gasteiger charge is -2.11. The number of nitrogens with zero attached hydrogens (tertiary/aromatic N) is 1. The van der Waals surface area contributed by atoms with E-state index in [1.807, 2.05) is 41.8 Å². The molecule has 140 valence electrons. The highest BCUT2D eigenvalue weighted by Gasteiger charge is 2.22. The Bertz CT molecular complexity index is 948. The van der Waals surface area contributed by atoms with E-state index in [9.17, 15) is 14.3 Å². The average molecular weight is 366 g/mol. The fraction of sp³-hybridized carbons (Fsp3) is 0.227. The Balaban J connectivity index is 1.87. The molecule has 4 nitrogen and oxygen atoms in total. The monoisotopic (exact) mass is 366 g/mol. The third-order valence-electron chi connectivity index (χ3n) is 4.88. The zero-order valence-electron chi connectivity index (χ0n) is 15.5. The van der Waals surface area contributed by atoms with Crippen LogP contribution in [0.25, 0.3) is 0 Å². The topological polar surface area (TPSA) is 54.3 Å². The van der Waals surface area contributed by atoms with E-state index in [-0.39, 0.29) is 5.82 Å². The molecule has 0 atom stereocenters. The van der Waals surface area contributed by atoms with E-state index in [0.29, 0.717) is 36.5 Å². The first-order chi connectivity index (χ1) is 13.0. The van der Waals surface area contributed by atoms with Crippen LogP contribution in [0.4, 0.5) is 4.39 Å². The second-order valence-corrected chi connectivity index (χ2v) is 6.60. The lowest BCUT2D eigenvalue weighted by atomic mass is 10.1. The summed E-state index contributed by atoms with van der Waals surface area (Å²) < 4.78 is 15.9. The quantitative estimate of drug-likeness (QED) is 0.656. The predicted octanol–water partition coefficient (Wildman–Crippen LogP) is 4.28. The summed E-state index contributed by atoms with van der Waals surface area (Å²) in [5.74, 6) is -1.25. The van der Waals surface area contributed by atoms with Crippen molar-refractivity contribution in [2.24, 2.45) is 0 Å². The second kappa shape index (κ2) is 8.18. The molecule has 0 radical (unpaired) electrons. The molecule has 0 saturated heterocycles. The van der Waals surface area contributed by atoms with E-state index in [1.54, 1.807) is 25.1 Å². The Morgan fingerprint density at radius 2 is 1.67 bits per heavy atom. The molecule has 0 unspecified atom stereocenters. The van der Waals surface area contributed by atoms with Gasteiger partial charge in [0.05, 0.1) is 12.1 Å². The fourth-order valence-corrected chi connectivity index (χ4v) is 3.41. The number of carboxylic acids is 1. The molecule has 0 amide bonds. The van der Waals surface area contributed by atoms with Gasteiger partial charge >= 0.3 is 5.97 Å². The summed E-state index contributed by atoms with van der Waals surface area (Å²) in [6, 6.07) is 16.5. The molecule has 2 N–H and O–H groups in total. The van der Waals surface area contributed by atoms with E-state index in [1.165, 1.54) is 6.07 Å². The molecule has 0 spiro atoms. The summed E-state index contributed by atoms with van der Waals surface area (Å²) in [6.45, 7) is 5.06. The largest absolute Gasteiger partial charge is 0.478 e. The maximum atomic E-state index is 14.1. The Labute approximate surface area is 158 Å². The van der Waals surface area contributed by atoms with E-state index in [2.05, 4.69) is 5.32 Å². The number of hydrogen-bond donors (Lipinski definition) is 2. The maximum Gasteiger partial charge on any atom is 0.337 e. The van der Waals surface area contributed by atoms with Crippen molar-refractivity contribution in [3.8, 4) is 0 Å². The van der Waals surface area contributed by atoms with Crippen LogP contribution >= 0.6 is 0 Å². The number of aromatic carboxylic acids is 1. The van der Waals surface area contributed by atoms with Gasteiger partial charge in [0.2, 0.25) is 0 Å². The van der Waals surface area contributed by atoms with Gasteiger partial charge in [-0.3, -0.25) is 0 Å². The van der Waals surface area contributed by atoms with Crippen LogP contribution in [0.3, 0.4) is 0 Å². The highest BCUT2D eigenvalue weighted by Crippen LogP contribution is 2.24. The summed E-state index contributed by atoms with van der Waals surface area (Å²) in [6.07, 6.45) is 0. The molecule has 0 bridgehead atoms. The molecular weight excluding hydrogens is 343 g/mol. The minimum absolute atomic E-state index is 0.286. The standard InChI is InChI=1S/C22H23FN2O2/c1-15-19(13-24-12-17-8-4-3-5-9-17)21(22(26)27)16(2)25(15)14-18-10-6-7-11-20(18)23/h3-11,24H,12-14H2,1-2H3,(H,26,27). The van der Waals surface area contributed by atoms with Crippen molar-refractivity contribution in [3.63, 3.8) is 0 Å². The number of carbonyl (C=O) groups is 1. The summed E-state index contributed by atoms with van der Waals surface area (Å²) in [5, 5.41) is 13.0. The summed E-state index contributed by atoms with van der Waals surface area (Å²) >= 11 is 0. The van der Waals surface area contributed by atoms with Crippen molar-refractivity contribution in [2.75, 3.05) is 0 Å². The van der Waals surface area contributed by atoms with Crippen LogP contribution in [-0.2, 0) is 19.6 Å². The van der Waals surface area contributed by atoms with Gasteiger partial charge in [0.1, 0.15) is 5.82 Å². The number of aromatic nitrogens is 1. The van der Waals surface area contributed by atoms with Gasteiger partial charge in [-0.1, -0.05) is 48.5 Å². The molecular formula is C22H23FN2O2. The van der Waals surface area contributed by atoms with Gasteiger partial charge in [-0.15, -0.1) is 0 Å². The van der Waals surface area contributed by atoms with Gasteiger partial charge in [-0.05, 0) is 25.5 Å². The van der Waals surface area contributed by atoms with Crippen LogP contribution in [0, 0.1) is 19.7 Å². The third kappa shape index (κ3) is 4.09. The van der Waals surface area contributed by atoms with Gasteiger partial charge in [-0.25, -0.2) is 9.18 Å². The normalized spacial score (nSPS) is 10.9. The molecule has 3 rings (SSSR count). The van der Waals surface area contributed by atoms with Crippen molar-refractivity contribution < 1.29 is 14.3 Å². The Kier molecular flexibility index (Phi) is 5.72. The molecule has 1 aromatic heterocycles. The second-order valence-electron chi connectivity index (χ2n) is 6.60. The molecule has 3 aromatic rings. The molecule has 1 heterocycles.